The van der Waals surface area contributed by atoms with Crippen LogP contribution in [0.1, 0.15) is 49.4 Å². The van der Waals surface area contributed by atoms with Crippen molar-refractivity contribution in [2.75, 3.05) is 0 Å². The second-order valence-electron chi connectivity index (χ2n) is 10.6. The van der Waals surface area contributed by atoms with Crippen molar-refractivity contribution in [3.63, 3.8) is 0 Å². The molecule has 0 unspecified atom stereocenters. The molecule has 0 nitrogen and oxygen atoms in total. The highest BCUT2D eigenvalue weighted by molar-refractivity contribution is 6.63. The SMILES string of the molecule is Cc1cc(C)cc(-c2cccc([SiH2]C3=C(C(C)(C)C)C=CC3)c2-c2cc(C)cc(C)c2)c1. The monoisotopic (exact) mass is 436 g/mol. The summed E-state index contributed by atoms with van der Waals surface area (Å²) in [5.41, 5.74) is 12.6. The molecule has 0 atom stereocenters. The molecule has 0 heterocycles. The summed E-state index contributed by atoms with van der Waals surface area (Å²) < 4.78 is 0. The van der Waals surface area contributed by atoms with Crippen molar-refractivity contribution in [1.29, 1.82) is 0 Å². The molecule has 1 aliphatic carbocycles. The van der Waals surface area contributed by atoms with Gasteiger partial charge in [-0.2, -0.15) is 0 Å². The van der Waals surface area contributed by atoms with Gasteiger partial charge in [0.2, 0.25) is 0 Å². The fourth-order valence-corrected chi connectivity index (χ4v) is 7.74. The molecule has 32 heavy (non-hydrogen) atoms. The van der Waals surface area contributed by atoms with Crippen molar-refractivity contribution in [1.82, 2.24) is 0 Å². The maximum Gasteiger partial charge on any atom is 0.0840 e. The van der Waals surface area contributed by atoms with Crippen LogP contribution in [0.25, 0.3) is 22.3 Å². The molecule has 3 aromatic carbocycles. The number of benzene rings is 3. The largest absolute Gasteiger partial charge is 0.0840 e. The van der Waals surface area contributed by atoms with E-state index in [9.17, 15) is 0 Å². The Morgan fingerprint density at radius 2 is 1.28 bits per heavy atom. The van der Waals surface area contributed by atoms with Gasteiger partial charge in [-0.25, -0.2) is 0 Å². The number of allylic oxidation sites excluding steroid dienone is 4. The van der Waals surface area contributed by atoms with E-state index in [1.165, 1.54) is 44.5 Å². The normalized spacial score (nSPS) is 14.2. The number of aryl methyl sites for hydroxylation is 4. The van der Waals surface area contributed by atoms with Gasteiger partial charge in [-0.05, 0) is 67.4 Å². The molecule has 1 heteroatoms. The summed E-state index contributed by atoms with van der Waals surface area (Å²) >= 11 is 0. The Balaban J connectivity index is 1.95. The third kappa shape index (κ3) is 4.73. The summed E-state index contributed by atoms with van der Waals surface area (Å²) in [7, 11) is -0.588. The molecule has 4 rings (SSSR count). The average molecular weight is 437 g/mol. The van der Waals surface area contributed by atoms with Crippen LogP contribution in [0.4, 0.5) is 0 Å². The lowest BCUT2D eigenvalue weighted by Gasteiger charge is -2.23. The zero-order valence-corrected chi connectivity index (χ0v) is 22.2. The summed E-state index contributed by atoms with van der Waals surface area (Å²) in [6, 6.07) is 21.0. The van der Waals surface area contributed by atoms with Gasteiger partial charge in [0.05, 0.1) is 9.52 Å². The van der Waals surface area contributed by atoms with Crippen LogP contribution in [-0.4, -0.2) is 9.52 Å². The van der Waals surface area contributed by atoms with Gasteiger partial charge in [-0.1, -0.05) is 120 Å². The quantitative estimate of drug-likeness (QED) is 0.376. The van der Waals surface area contributed by atoms with E-state index in [0.717, 1.165) is 6.42 Å². The van der Waals surface area contributed by atoms with E-state index >= 15 is 0 Å². The number of hydrogen-bond donors (Lipinski definition) is 0. The van der Waals surface area contributed by atoms with Crippen LogP contribution in [0.15, 0.2) is 77.5 Å². The molecule has 0 saturated heterocycles. The Morgan fingerprint density at radius 3 is 1.84 bits per heavy atom. The van der Waals surface area contributed by atoms with Crippen LogP contribution in [0.2, 0.25) is 0 Å². The molecular weight excluding hydrogens is 400 g/mol. The standard InChI is InChI=1S/C31H36Si/c1-20-14-21(2)17-24(16-20)26-10-8-13-29(30(26)25-18-22(3)15-23(4)19-25)32-28-12-9-11-27(28)31(5,6)7/h8-11,13-19H,12,32H2,1-7H3. The molecule has 0 spiro atoms. The van der Waals surface area contributed by atoms with Crippen molar-refractivity contribution in [3.05, 3.63) is 99.8 Å². The number of hydrogen-bond acceptors (Lipinski definition) is 0. The first-order valence-corrected chi connectivity index (χ1v) is 13.2. The Kier molecular flexibility index (Phi) is 6.14. The maximum absolute atomic E-state index is 2.40. The molecule has 0 aliphatic heterocycles. The van der Waals surface area contributed by atoms with E-state index in [-0.39, 0.29) is 5.41 Å². The predicted molar refractivity (Wildman–Crippen MR) is 145 cm³/mol. The summed E-state index contributed by atoms with van der Waals surface area (Å²) in [4.78, 5) is 0. The Morgan fingerprint density at radius 1 is 0.719 bits per heavy atom. The first kappa shape index (κ1) is 22.5. The lowest BCUT2D eigenvalue weighted by atomic mass is 9.87. The number of rotatable bonds is 4. The zero-order chi connectivity index (χ0) is 23.0. The van der Waals surface area contributed by atoms with Crippen LogP contribution in [0.3, 0.4) is 0 Å². The molecule has 3 aromatic rings. The molecule has 0 amide bonds. The fourth-order valence-electron chi connectivity index (χ4n) is 5.30. The van der Waals surface area contributed by atoms with Gasteiger partial charge in [0, 0.05) is 0 Å². The van der Waals surface area contributed by atoms with E-state index in [2.05, 4.69) is 115 Å². The highest BCUT2D eigenvalue weighted by Gasteiger charge is 2.23. The summed E-state index contributed by atoms with van der Waals surface area (Å²) in [5.74, 6) is 0. The summed E-state index contributed by atoms with van der Waals surface area (Å²) in [5, 5.41) is 3.26. The third-order valence-corrected chi connectivity index (χ3v) is 8.50. The van der Waals surface area contributed by atoms with E-state index in [4.69, 9.17) is 0 Å². The summed E-state index contributed by atoms with van der Waals surface area (Å²) in [6.07, 6.45) is 5.87. The lowest BCUT2D eigenvalue weighted by molar-refractivity contribution is 0.516. The average Bonchev–Trinajstić information content (AvgIpc) is 3.15. The predicted octanol–water partition coefficient (Wildman–Crippen LogP) is 7.31. The van der Waals surface area contributed by atoms with Gasteiger partial charge in [0.15, 0.2) is 0 Å². The fraction of sp³-hybridized carbons (Fsp3) is 0.290. The van der Waals surface area contributed by atoms with Gasteiger partial charge in [-0.3, -0.25) is 0 Å². The molecule has 0 bridgehead atoms. The maximum atomic E-state index is 2.40. The Bertz CT molecular complexity index is 1190. The Labute approximate surface area is 196 Å². The molecule has 0 aromatic heterocycles. The van der Waals surface area contributed by atoms with Crippen molar-refractivity contribution < 1.29 is 0 Å². The van der Waals surface area contributed by atoms with Crippen LogP contribution >= 0.6 is 0 Å². The minimum Gasteiger partial charge on any atom is -0.0806 e. The van der Waals surface area contributed by atoms with Crippen LogP contribution in [0.5, 0.6) is 0 Å². The minimum atomic E-state index is -0.588. The van der Waals surface area contributed by atoms with E-state index in [1.807, 2.05) is 0 Å². The van der Waals surface area contributed by atoms with E-state index in [1.54, 1.807) is 16.0 Å². The van der Waals surface area contributed by atoms with Gasteiger partial charge in [-0.15, -0.1) is 0 Å². The van der Waals surface area contributed by atoms with E-state index in [0.29, 0.717) is 0 Å². The van der Waals surface area contributed by atoms with Gasteiger partial charge in [0.1, 0.15) is 0 Å². The highest BCUT2D eigenvalue weighted by Crippen LogP contribution is 2.36. The second kappa shape index (κ2) is 8.71. The molecular formula is C31H36Si. The molecule has 1 aliphatic rings. The molecule has 0 N–H and O–H groups in total. The van der Waals surface area contributed by atoms with Crippen molar-refractivity contribution in [3.8, 4) is 22.3 Å². The zero-order valence-electron chi connectivity index (χ0n) is 20.8. The minimum absolute atomic E-state index is 0.209. The summed E-state index contributed by atoms with van der Waals surface area (Å²) in [6.45, 7) is 15.9. The smallest absolute Gasteiger partial charge is 0.0806 e. The topological polar surface area (TPSA) is 0 Å². The second-order valence-corrected chi connectivity index (χ2v) is 12.6. The first-order chi connectivity index (χ1) is 15.1. The molecule has 0 saturated carbocycles. The van der Waals surface area contributed by atoms with Gasteiger partial charge in [0.25, 0.3) is 0 Å². The van der Waals surface area contributed by atoms with Crippen LogP contribution in [0, 0.1) is 33.1 Å². The molecule has 0 radical (unpaired) electrons. The highest BCUT2D eigenvalue weighted by atomic mass is 28.2. The van der Waals surface area contributed by atoms with Crippen LogP contribution < -0.4 is 5.19 Å². The Hall–Kier alpha value is -2.64. The molecule has 164 valence electrons. The molecule has 0 fully saturated rings. The van der Waals surface area contributed by atoms with Crippen molar-refractivity contribution in [2.45, 2.75) is 54.9 Å². The van der Waals surface area contributed by atoms with Gasteiger partial charge >= 0.3 is 0 Å². The van der Waals surface area contributed by atoms with E-state index < -0.39 is 9.52 Å². The van der Waals surface area contributed by atoms with Crippen LogP contribution in [-0.2, 0) is 0 Å². The van der Waals surface area contributed by atoms with Crippen molar-refractivity contribution >= 4 is 14.7 Å². The van der Waals surface area contributed by atoms with Gasteiger partial charge < -0.3 is 0 Å². The third-order valence-electron chi connectivity index (χ3n) is 6.44. The lowest BCUT2D eigenvalue weighted by Crippen LogP contribution is -2.22. The first-order valence-electron chi connectivity index (χ1n) is 11.8. The van der Waals surface area contributed by atoms with Crippen molar-refractivity contribution in [2.24, 2.45) is 5.41 Å².